The standard InChI is InChI=1S/C14H19BrFNO2/c1-13(2)7-11(14(3,4)19-13)18-12-9(15)5-8(16)6-10(12)17/h5-6,11H,7,17H2,1-4H3. The Hall–Kier alpha value is -0.810. The summed E-state index contributed by atoms with van der Waals surface area (Å²) in [6.45, 7) is 8.03. The van der Waals surface area contributed by atoms with Gasteiger partial charge in [-0.05, 0) is 49.7 Å². The molecule has 0 bridgehead atoms. The lowest BCUT2D eigenvalue weighted by molar-refractivity contribution is -0.0845. The Labute approximate surface area is 121 Å². The van der Waals surface area contributed by atoms with Crippen molar-refractivity contribution in [1.82, 2.24) is 0 Å². The van der Waals surface area contributed by atoms with Crippen LogP contribution in [0.5, 0.6) is 5.75 Å². The number of nitrogens with two attached hydrogens (primary N) is 1. The average molecular weight is 332 g/mol. The predicted molar refractivity (Wildman–Crippen MR) is 76.8 cm³/mol. The maximum Gasteiger partial charge on any atom is 0.157 e. The van der Waals surface area contributed by atoms with Crippen molar-refractivity contribution >= 4 is 21.6 Å². The average Bonchev–Trinajstić information content (AvgIpc) is 2.39. The Morgan fingerprint density at radius 1 is 1.37 bits per heavy atom. The SMILES string of the molecule is CC1(C)CC(Oc2c(N)cc(F)cc2Br)C(C)(C)O1. The lowest BCUT2D eigenvalue weighted by Crippen LogP contribution is -2.37. The summed E-state index contributed by atoms with van der Waals surface area (Å²) in [5, 5.41) is 0. The molecule has 0 amide bonds. The first kappa shape index (κ1) is 14.6. The Morgan fingerprint density at radius 3 is 2.47 bits per heavy atom. The van der Waals surface area contributed by atoms with E-state index < -0.39 is 5.60 Å². The van der Waals surface area contributed by atoms with Crippen LogP contribution in [0.1, 0.15) is 34.1 Å². The summed E-state index contributed by atoms with van der Waals surface area (Å²) in [4.78, 5) is 0. The third-order valence-corrected chi connectivity index (χ3v) is 3.88. The summed E-state index contributed by atoms with van der Waals surface area (Å²) in [6, 6.07) is 2.60. The molecule has 1 heterocycles. The number of hydrogen-bond donors (Lipinski definition) is 1. The van der Waals surface area contributed by atoms with Gasteiger partial charge in [-0.15, -0.1) is 0 Å². The number of ether oxygens (including phenoxy) is 2. The van der Waals surface area contributed by atoms with Crippen LogP contribution in [0.3, 0.4) is 0 Å². The lowest BCUT2D eigenvalue weighted by Gasteiger charge is -2.28. The van der Waals surface area contributed by atoms with E-state index in [9.17, 15) is 4.39 Å². The molecule has 1 aromatic carbocycles. The minimum Gasteiger partial charge on any atom is -0.484 e. The molecule has 3 nitrogen and oxygen atoms in total. The fourth-order valence-electron chi connectivity index (χ4n) is 2.54. The first-order valence-electron chi connectivity index (χ1n) is 6.22. The van der Waals surface area contributed by atoms with E-state index >= 15 is 0 Å². The molecular weight excluding hydrogens is 313 g/mol. The molecule has 1 aliphatic heterocycles. The van der Waals surface area contributed by atoms with Gasteiger partial charge in [-0.1, -0.05) is 0 Å². The van der Waals surface area contributed by atoms with E-state index in [2.05, 4.69) is 15.9 Å². The van der Waals surface area contributed by atoms with Gasteiger partial charge in [0, 0.05) is 12.5 Å². The van der Waals surface area contributed by atoms with Crippen molar-refractivity contribution in [3.05, 3.63) is 22.4 Å². The molecule has 1 unspecified atom stereocenters. The first-order chi connectivity index (χ1) is 8.61. The quantitative estimate of drug-likeness (QED) is 0.836. The molecule has 106 valence electrons. The van der Waals surface area contributed by atoms with Crippen molar-refractivity contribution < 1.29 is 13.9 Å². The Kier molecular flexibility index (Phi) is 3.56. The van der Waals surface area contributed by atoms with Crippen molar-refractivity contribution in [3.8, 4) is 5.75 Å². The molecule has 0 aromatic heterocycles. The lowest BCUT2D eigenvalue weighted by atomic mass is 9.97. The van der Waals surface area contributed by atoms with E-state index in [1.807, 2.05) is 27.7 Å². The first-order valence-corrected chi connectivity index (χ1v) is 7.01. The molecule has 1 saturated heterocycles. The van der Waals surface area contributed by atoms with Crippen molar-refractivity contribution in [2.45, 2.75) is 51.4 Å². The fraction of sp³-hybridized carbons (Fsp3) is 0.571. The van der Waals surface area contributed by atoms with E-state index in [-0.39, 0.29) is 23.2 Å². The van der Waals surface area contributed by atoms with Crippen molar-refractivity contribution in [3.63, 3.8) is 0 Å². The van der Waals surface area contributed by atoms with Crippen LogP contribution < -0.4 is 10.5 Å². The maximum atomic E-state index is 13.2. The zero-order valence-electron chi connectivity index (χ0n) is 11.6. The maximum absolute atomic E-state index is 13.2. The van der Waals surface area contributed by atoms with Gasteiger partial charge in [-0.3, -0.25) is 0 Å². The van der Waals surface area contributed by atoms with Crippen LogP contribution in [0, 0.1) is 5.82 Å². The van der Waals surface area contributed by atoms with Gasteiger partial charge in [0.25, 0.3) is 0 Å². The highest BCUT2D eigenvalue weighted by molar-refractivity contribution is 9.10. The van der Waals surface area contributed by atoms with Crippen LogP contribution in [-0.4, -0.2) is 17.3 Å². The van der Waals surface area contributed by atoms with Gasteiger partial charge in [0.1, 0.15) is 17.5 Å². The molecular formula is C14H19BrFNO2. The number of benzene rings is 1. The molecule has 1 fully saturated rings. The molecule has 1 atom stereocenters. The van der Waals surface area contributed by atoms with E-state index in [1.165, 1.54) is 12.1 Å². The van der Waals surface area contributed by atoms with Crippen LogP contribution in [-0.2, 0) is 4.74 Å². The third kappa shape index (κ3) is 3.03. The molecule has 19 heavy (non-hydrogen) atoms. The topological polar surface area (TPSA) is 44.5 Å². The van der Waals surface area contributed by atoms with E-state index in [4.69, 9.17) is 15.2 Å². The molecule has 1 aromatic rings. The van der Waals surface area contributed by atoms with Gasteiger partial charge in [0.05, 0.1) is 15.8 Å². The van der Waals surface area contributed by atoms with Gasteiger partial charge >= 0.3 is 0 Å². The van der Waals surface area contributed by atoms with Crippen LogP contribution >= 0.6 is 15.9 Å². The second-order valence-corrected chi connectivity index (χ2v) is 6.94. The summed E-state index contributed by atoms with van der Waals surface area (Å²) in [7, 11) is 0. The van der Waals surface area contributed by atoms with Gasteiger partial charge in [0.2, 0.25) is 0 Å². The Balaban J connectivity index is 2.27. The monoisotopic (exact) mass is 331 g/mol. The third-order valence-electron chi connectivity index (χ3n) is 3.29. The highest BCUT2D eigenvalue weighted by Crippen LogP contribution is 2.42. The zero-order valence-corrected chi connectivity index (χ0v) is 13.2. The van der Waals surface area contributed by atoms with Crippen molar-refractivity contribution in [1.29, 1.82) is 0 Å². The second-order valence-electron chi connectivity index (χ2n) is 6.08. The van der Waals surface area contributed by atoms with Gasteiger partial charge < -0.3 is 15.2 Å². The summed E-state index contributed by atoms with van der Waals surface area (Å²) < 4.78 is 25.7. The molecule has 2 rings (SSSR count). The van der Waals surface area contributed by atoms with Gasteiger partial charge in [-0.2, -0.15) is 0 Å². The van der Waals surface area contributed by atoms with Crippen LogP contribution in [0.25, 0.3) is 0 Å². The molecule has 0 aliphatic carbocycles. The van der Waals surface area contributed by atoms with Crippen LogP contribution in [0.15, 0.2) is 16.6 Å². The summed E-state index contributed by atoms with van der Waals surface area (Å²) >= 11 is 3.29. The number of hydrogen-bond acceptors (Lipinski definition) is 3. The minimum absolute atomic E-state index is 0.133. The number of anilines is 1. The van der Waals surface area contributed by atoms with Crippen LogP contribution in [0.4, 0.5) is 10.1 Å². The summed E-state index contributed by atoms with van der Waals surface area (Å²) in [5.74, 6) is 0.0831. The van der Waals surface area contributed by atoms with Gasteiger partial charge in [-0.25, -0.2) is 4.39 Å². The van der Waals surface area contributed by atoms with Crippen LogP contribution in [0.2, 0.25) is 0 Å². The smallest absolute Gasteiger partial charge is 0.157 e. The fourth-order valence-corrected chi connectivity index (χ4v) is 3.08. The normalized spacial score (nSPS) is 24.4. The molecule has 1 aliphatic rings. The van der Waals surface area contributed by atoms with Crippen molar-refractivity contribution in [2.24, 2.45) is 0 Å². The molecule has 0 saturated carbocycles. The Bertz CT molecular complexity index is 479. The number of nitrogen functional groups attached to an aromatic ring is 1. The van der Waals surface area contributed by atoms with E-state index in [0.29, 0.717) is 10.2 Å². The molecule has 2 N–H and O–H groups in total. The Morgan fingerprint density at radius 2 is 2.00 bits per heavy atom. The largest absolute Gasteiger partial charge is 0.484 e. The highest BCUT2D eigenvalue weighted by Gasteiger charge is 2.47. The second kappa shape index (κ2) is 4.63. The summed E-state index contributed by atoms with van der Waals surface area (Å²) in [6.07, 6.45) is 0.620. The molecule has 5 heteroatoms. The minimum atomic E-state index is -0.413. The van der Waals surface area contributed by atoms with Gasteiger partial charge in [0.15, 0.2) is 5.75 Å². The molecule has 0 spiro atoms. The number of halogens is 2. The zero-order chi connectivity index (χ0) is 14.4. The van der Waals surface area contributed by atoms with Crippen molar-refractivity contribution in [2.75, 3.05) is 5.73 Å². The predicted octanol–water partition coefficient (Wildman–Crippen LogP) is 3.90. The van der Waals surface area contributed by atoms with E-state index in [1.54, 1.807) is 0 Å². The van der Waals surface area contributed by atoms with E-state index in [0.717, 1.165) is 6.42 Å². The number of rotatable bonds is 2. The summed E-state index contributed by atoms with van der Waals surface area (Å²) in [5.41, 5.74) is 5.45. The highest BCUT2D eigenvalue weighted by atomic mass is 79.9. The molecule has 0 radical (unpaired) electrons.